The summed E-state index contributed by atoms with van der Waals surface area (Å²) in [6.45, 7) is 9.39. The van der Waals surface area contributed by atoms with Crippen LogP contribution in [0.3, 0.4) is 0 Å². The van der Waals surface area contributed by atoms with Gasteiger partial charge < -0.3 is 23.7 Å². The maximum absolute atomic E-state index is 13.8. The lowest BCUT2D eigenvalue weighted by Crippen LogP contribution is -2.48. The van der Waals surface area contributed by atoms with E-state index in [2.05, 4.69) is 20.1 Å². The van der Waals surface area contributed by atoms with E-state index in [-0.39, 0.29) is 18.2 Å². The number of amides is 1. The van der Waals surface area contributed by atoms with Gasteiger partial charge in [-0.15, -0.1) is 10.2 Å². The Morgan fingerprint density at radius 3 is 2.67 bits per heavy atom. The number of hydrogen-bond donors (Lipinski definition) is 0. The first-order valence-corrected chi connectivity index (χ1v) is 13.2. The number of benzene rings is 1. The van der Waals surface area contributed by atoms with E-state index in [1.165, 1.54) is 18.3 Å². The van der Waals surface area contributed by atoms with Crippen molar-refractivity contribution in [2.45, 2.75) is 58.3 Å². The summed E-state index contributed by atoms with van der Waals surface area (Å²) in [6, 6.07) is 5.99. The van der Waals surface area contributed by atoms with E-state index in [4.69, 9.17) is 14.2 Å². The van der Waals surface area contributed by atoms with Gasteiger partial charge in [-0.1, -0.05) is 0 Å². The van der Waals surface area contributed by atoms with Crippen molar-refractivity contribution in [1.82, 2.24) is 29.5 Å². The van der Waals surface area contributed by atoms with Crippen LogP contribution < -0.4 is 15.0 Å². The molecule has 1 amide bonds. The molecule has 0 atom stereocenters. The van der Waals surface area contributed by atoms with Gasteiger partial charge >= 0.3 is 6.09 Å². The second-order valence-electron chi connectivity index (χ2n) is 10.8. The zero-order valence-electron chi connectivity index (χ0n) is 22.4. The number of rotatable bonds is 6. The fraction of sp³-hybridized carbons (Fsp3) is 0.519. The molecule has 0 radical (unpaired) electrons. The van der Waals surface area contributed by atoms with Crippen molar-refractivity contribution in [3.63, 3.8) is 0 Å². The zero-order valence-corrected chi connectivity index (χ0v) is 22.4. The number of fused-ring (bicyclic) bond motifs is 2. The smallest absolute Gasteiger partial charge is 0.410 e. The maximum atomic E-state index is 13.8. The molecule has 2 aliphatic heterocycles. The third-order valence-electron chi connectivity index (χ3n) is 6.96. The molecule has 0 aliphatic carbocycles. The number of halogens is 1. The van der Waals surface area contributed by atoms with Gasteiger partial charge in [-0.25, -0.2) is 14.2 Å². The molecule has 3 aromatic rings. The van der Waals surface area contributed by atoms with Gasteiger partial charge in [0.05, 0.1) is 29.5 Å². The number of ether oxygens (including phenoxy) is 3. The highest BCUT2D eigenvalue weighted by Crippen LogP contribution is 2.28. The molecule has 2 aliphatic rings. The number of aromatic nitrogens is 4. The van der Waals surface area contributed by atoms with Crippen molar-refractivity contribution in [3.8, 4) is 11.6 Å². The normalized spacial score (nSPS) is 16.3. The summed E-state index contributed by atoms with van der Waals surface area (Å²) in [5.74, 6) is 0.473. The first-order valence-electron chi connectivity index (χ1n) is 13.2. The number of hydrogen-bond acceptors (Lipinski definition) is 9. The number of carbonyl (C=O) groups excluding carboxylic acids is 1. The van der Waals surface area contributed by atoms with E-state index in [1.807, 2.05) is 20.8 Å². The Hall–Kier alpha value is -3.80. The predicted molar refractivity (Wildman–Crippen MR) is 140 cm³/mol. The van der Waals surface area contributed by atoms with E-state index >= 15 is 0 Å². The molecule has 1 aromatic carbocycles. The summed E-state index contributed by atoms with van der Waals surface area (Å²) in [6.07, 6.45) is 1.99. The molecular formula is C27H33FN6O5. The van der Waals surface area contributed by atoms with Gasteiger partial charge in [0.15, 0.2) is 5.75 Å². The van der Waals surface area contributed by atoms with E-state index in [0.717, 1.165) is 0 Å². The quantitative estimate of drug-likeness (QED) is 0.466. The van der Waals surface area contributed by atoms with Crippen molar-refractivity contribution in [1.29, 1.82) is 0 Å². The topological polar surface area (TPSA) is 112 Å². The second-order valence-corrected chi connectivity index (χ2v) is 10.8. The van der Waals surface area contributed by atoms with Crippen LogP contribution in [0.2, 0.25) is 0 Å². The molecule has 12 heteroatoms. The lowest BCUT2D eigenvalue weighted by Gasteiger charge is -2.37. The lowest BCUT2D eigenvalue weighted by atomic mass is 10.1. The van der Waals surface area contributed by atoms with Crippen molar-refractivity contribution in [2.24, 2.45) is 0 Å². The van der Waals surface area contributed by atoms with Crippen LogP contribution in [0.1, 0.15) is 39.3 Å². The molecule has 208 valence electrons. The molecule has 2 aromatic heterocycles. The lowest BCUT2D eigenvalue weighted by molar-refractivity contribution is 0.00859. The Bertz CT molecular complexity index is 1400. The Balaban J connectivity index is 1.16. The SMILES string of the molecule is CC(C)(C)N(Cc1cc2c(nn1)OCCO2)C(=O)OC1CCN(CCn2c(=O)cnc3ccc(F)cc32)CC1. The van der Waals surface area contributed by atoms with Crippen LogP contribution in [-0.4, -0.2) is 80.1 Å². The fourth-order valence-corrected chi connectivity index (χ4v) is 4.77. The molecule has 39 heavy (non-hydrogen) atoms. The molecule has 1 fully saturated rings. The summed E-state index contributed by atoms with van der Waals surface area (Å²) in [7, 11) is 0. The third kappa shape index (κ3) is 6.27. The molecule has 11 nitrogen and oxygen atoms in total. The van der Waals surface area contributed by atoms with Crippen LogP contribution in [0.25, 0.3) is 11.0 Å². The molecule has 0 saturated carbocycles. The maximum Gasteiger partial charge on any atom is 0.410 e. The second kappa shape index (κ2) is 11.1. The minimum absolute atomic E-state index is 0.219. The summed E-state index contributed by atoms with van der Waals surface area (Å²) in [5.41, 5.74) is 0.873. The minimum Gasteiger partial charge on any atom is -0.484 e. The summed E-state index contributed by atoms with van der Waals surface area (Å²) >= 11 is 0. The van der Waals surface area contributed by atoms with Crippen LogP contribution in [0.15, 0.2) is 35.3 Å². The molecule has 5 rings (SSSR count). The van der Waals surface area contributed by atoms with Crippen molar-refractivity contribution in [2.75, 3.05) is 32.8 Å². The largest absolute Gasteiger partial charge is 0.484 e. The van der Waals surface area contributed by atoms with Crippen LogP contribution in [0.5, 0.6) is 11.6 Å². The van der Waals surface area contributed by atoms with E-state index in [0.29, 0.717) is 80.6 Å². The summed E-state index contributed by atoms with van der Waals surface area (Å²) in [4.78, 5) is 33.6. The number of piperidine rings is 1. The van der Waals surface area contributed by atoms with Crippen LogP contribution in [0.4, 0.5) is 9.18 Å². The monoisotopic (exact) mass is 540 g/mol. The standard InChI is InChI=1S/C27H33FN6O5/c1-27(2,3)34(17-19-15-23-25(31-30-19)38-13-12-37-23)26(36)39-20-6-8-32(9-7-20)10-11-33-22-14-18(28)4-5-21(22)29-16-24(33)35/h4-5,14-16,20H,6-13,17H2,1-3H3. The summed E-state index contributed by atoms with van der Waals surface area (Å²) < 4.78 is 32.3. The van der Waals surface area contributed by atoms with Crippen molar-refractivity contribution in [3.05, 3.63) is 52.3 Å². The van der Waals surface area contributed by atoms with Crippen LogP contribution in [0, 0.1) is 5.82 Å². The van der Waals surface area contributed by atoms with E-state index in [9.17, 15) is 14.0 Å². The van der Waals surface area contributed by atoms with Crippen molar-refractivity contribution >= 4 is 17.1 Å². The molecular weight excluding hydrogens is 507 g/mol. The van der Waals surface area contributed by atoms with Crippen molar-refractivity contribution < 1.29 is 23.4 Å². The molecule has 4 heterocycles. The van der Waals surface area contributed by atoms with Gasteiger partial charge in [-0.3, -0.25) is 9.69 Å². The Kier molecular flexibility index (Phi) is 7.65. The number of carbonyl (C=O) groups is 1. The van der Waals surface area contributed by atoms with Gasteiger partial charge in [0.1, 0.15) is 25.1 Å². The first kappa shape index (κ1) is 26.8. The Morgan fingerprint density at radius 2 is 1.90 bits per heavy atom. The van der Waals surface area contributed by atoms with Gasteiger partial charge in [0, 0.05) is 37.8 Å². The van der Waals surface area contributed by atoms with Gasteiger partial charge in [0.25, 0.3) is 11.4 Å². The van der Waals surface area contributed by atoms with Gasteiger partial charge in [0.2, 0.25) is 0 Å². The average molecular weight is 541 g/mol. The average Bonchev–Trinajstić information content (AvgIpc) is 2.91. The van der Waals surface area contributed by atoms with Gasteiger partial charge in [-0.2, -0.15) is 0 Å². The molecule has 0 bridgehead atoms. The molecule has 0 spiro atoms. The fourth-order valence-electron chi connectivity index (χ4n) is 4.77. The van der Waals surface area contributed by atoms with E-state index in [1.54, 1.807) is 21.6 Å². The highest BCUT2D eigenvalue weighted by molar-refractivity contribution is 5.74. The molecule has 0 N–H and O–H groups in total. The van der Waals surface area contributed by atoms with Gasteiger partial charge in [-0.05, 0) is 51.8 Å². The highest BCUT2D eigenvalue weighted by Gasteiger charge is 2.32. The third-order valence-corrected chi connectivity index (χ3v) is 6.96. The van der Waals surface area contributed by atoms with Crippen LogP contribution in [-0.2, 0) is 17.8 Å². The first-order chi connectivity index (χ1) is 18.7. The zero-order chi connectivity index (χ0) is 27.6. The Morgan fingerprint density at radius 1 is 1.13 bits per heavy atom. The van der Waals surface area contributed by atoms with E-state index < -0.39 is 17.4 Å². The highest BCUT2D eigenvalue weighted by atomic mass is 19.1. The molecule has 0 unspecified atom stereocenters. The number of likely N-dealkylation sites (tertiary alicyclic amines) is 1. The van der Waals surface area contributed by atoms with Crippen LogP contribution >= 0.6 is 0 Å². The Labute approximate surface area is 225 Å². The minimum atomic E-state index is -0.507. The molecule has 1 saturated heterocycles. The number of nitrogens with zero attached hydrogens (tertiary/aromatic N) is 6. The summed E-state index contributed by atoms with van der Waals surface area (Å²) in [5, 5.41) is 8.28. The predicted octanol–water partition coefficient (Wildman–Crippen LogP) is 3.00.